The largest absolute Gasteiger partial charge is 0.478 e. The lowest BCUT2D eigenvalue weighted by Crippen LogP contribution is -2.19. The number of carboxylic acid groups (broad SMARTS) is 1. The van der Waals surface area contributed by atoms with Crippen LogP contribution in [0.4, 0.5) is 0 Å². The van der Waals surface area contributed by atoms with Gasteiger partial charge in [0.1, 0.15) is 0 Å². The Kier molecular flexibility index (Phi) is 3.06. The van der Waals surface area contributed by atoms with Crippen molar-refractivity contribution in [1.82, 2.24) is 14.5 Å². The predicted octanol–water partition coefficient (Wildman–Crippen LogP) is 1.78. The van der Waals surface area contributed by atoms with Gasteiger partial charge in [0.2, 0.25) is 0 Å². The number of nitrogens with one attached hydrogen (secondary N) is 1. The Morgan fingerprint density at radius 2 is 2.19 bits per heavy atom. The fourth-order valence-corrected chi connectivity index (χ4v) is 2.39. The minimum Gasteiger partial charge on any atom is -0.478 e. The molecule has 6 nitrogen and oxygen atoms in total. The summed E-state index contributed by atoms with van der Waals surface area (Å²) in [5.41, 5.74) is 2.59. The summed E-state index contributed by atoms with van der Waals surface area (Å²) >= 11 is 0. The summed E-state index contributed by atoms with van der Waals surface area (Å²) < 4.78 is 1.45. The third kappa shape index (κ3) is 2.20. The number of nitrogens with zero attached hydrogens (tertiary/aromatic N) is 2. The number of para-hydroxylation sites is 1. The molecular weight excluding hydrogens is 270 g/mol. The minimum atomic E-state index is -1.06. The fraction of sp³-hybridized carbons (Fsp3) is 0.133. The van der Waals surface area contributed by atoms with Gasteiger partial charge in [0.15, 0.2) is 0 Å². The van der Waals surface area contributed by atoms with Crippen molar-refractivity contribution in [3.05, 3.63) is 63.8 Å². The molecule has 0 amide bonds. The third-order valence-electron chi connectivity index (χ3n) is 3.49. The first-order valence-electron chi connectivity index (χ1n) is 6.42. The van der Waals surface area contributed by atoms with Crippen LogP contribution in [0.1, 0.15) is 21.5 Å². The van der Waals surface area contributed by atoms with Crippen LogP contribution in [0, 0.1) is 6.92 Å². The number of hydrogen-bond donors (Lipinski definition) is 2. The molecule has 1 aromatic carbocycles. The number of aryl methyl sites for hydroxylation is 1. The SMILES string of the molecule is Cc1cnccc1Cn1c(=O)[nH]c2cccc(C(=O)O)c21. The molecule has 2 N–H and O–H groups in total. The van der Waals surface area contributed by atoms with Crippen LogP contribution in [0.15, 0.2) is 41.5 Å². The quantitative estimate of drug-likeness (QED) is 0.767. The predicted molar refractivity (Wildman–Crippen MR) is 77.6 cm³/mol. The number of carboxylic acids is 1. The Morgan fingerprint density at radius 1 is 1.38 bits per heavy atom. The second kappa shape index (κ2) is 4.90. The third-order valence-corrected chi connectivity index (χ3v) is 3.49. The van der Waals surface area contributed by atoms with E-state index in [0.29, 0.717) is 17.6 Å². The normalized spacial score (nSPS) is 10.9. The number of rotatable bonds is 3. The fourth-order valence-electron chi connectivity index (χ4n) is 2.39. The first-order valence-corrected chi connectivity index (χ1v) is 6.42. The molecule has 0 unspecified atom stereocenters. The van der Waals surface area contributed by atoms with Crippen LogP contribution >= 0.6 is 0 Å². The number of fused-ring (bicyclic) bond motifs is 1. The van der Waals surface area contributed by atoms with Gasteiger partial charge in [-0.3, -0.25) is 9.55 Å². The maximum absolute atomic E-state index is 12.1. The Hall–Kier alpha value is -2.89. The first kappa shape index (κ1) is 13.1. The van der Waals surface area contributed by atoms with Gasteiger partial charge < -0.3 is 10.1 Å². The van der Waals surface area contributed by atoms with Crippen LogP contribution in [-0.4, -0.2) is 25.6 Å². The van der Waals surface area contributed by atoms with Crippen molar-refractivity contribution in [3.8, 4) is 0 Å². The van der Waals surface area contributed by atoms with Crippen molar-refractivity contribution in [2.75, 3.05) is 0 Å². The van der Waals surface area contributed by atoms with E-state index in [1.54, 1.807) is 24.5 Å². The monoisotopic (exact) mass is 283 g/mol. The molecule has 0 saturated heterocycles. The lowest BCUT2D eigenvalue weighted by Gasteiger charge is -2.08. The number of hydrogen-bond acceptors (Lipinski definition) is 3. The average molecular weight is 283 g/mol. The summed E-state index contributed by atoms with van der Waals surface area (Å²) in [6.07, 6.45) is 3.37. The molecule has 2 heterocycles. The Morgan fingerprint density at radius 3 is 2.90 bits per heavy atom. The number of aromatic nitrogens is 3. The van der Waals surface area contributed by atoms with Crippen molar-refractivity contribution in [3.63, 3.8) is 0 Å². The van der Waals surface area contributed by atoms with Crippen LogP contribution < -0.4 is 5.69 Å². The zero-order chi connectivity index (χ0) is 15.0. The Balaban J connectivity index is 2.23. The van der Waals surface area contributed by atoms with Gasteiger partial charge in [-0.2, -0.15) is 0 Å². The summed E-state index contributed by atoms with van der Waals surface area (Å²) in [6.45, 7) is 2.21. The van der Waals surface area contributed by atoms with Crippen molar-refractivity contribution in [2.45, 2.75) is 13.5 Å². The van der Waals surface area contributed by atoms with Crippen LogP contribution in [0.25, 0.3) is 11.0 Å². The summed E-state index contributed by atoms with van der Waals surface area (Å²) in [4.78, 5) is 30.2. The summed E-state index contributed by atoms with van der Waals surface area (Å²) in [6, 6.07) is 6.63. The topological polar surface area (TPSA) is 88.0 Å². The number of H-pyrrole nitrogens is 1. The zero-order valence-corrected chi connectivity index (χ0v) is 11.3. The van der Waals surface area contributed by atoms with E-state index < -0.39 is 5.97 Å². The van der Waals surface area contributed by atoms with Crippen molar-refractivity contribution >= 4 is 17.0 Å². The number of benzene rings is 1. The zero-order valence-electron chi connectivity index (χ0n) is 11.3. The highest BCUT2D eigenvalue weighted by Crippen LogP contribution is 2.18. The van der Waals surface area contributed by atoms with Gasteiger partial charge in [0.25, 0.3) is 0 Å². The summed E-state index contributed by atoms with van der Waals surface area (Å²) in [5, 5.41) is 9.30. The van der Waals surface area contributed by atoms with E-state index in [1.807, 2.05) is 13.0 Å². The standard InChI is InChI=1S/C15H13N3O3/c1-9-7-16-6-5-10(9)8-18-13-11(14(19)20)3-2-4-12(13)17-15(18)21/h2-7H,8H2,1H3,(H,17,21)(H,19,20). The highest BCUT2D eigenvalue weighted by molar-refractivity contribution is 6.01. The van der Waals surface area contributed by atoms with Gasteiger partial charge >= 0.3 is 11.7 Å². The van der Waals surface area contributed by atoms with E-state index in [4.69, 9.17) is 0 Å². The van der Waals surface area contributed by atoms with E-state index in [-0.39, 0.29) is 11.3 Å². The molecule has 0 aliphatic carbocycles. The van der Waals surface area contributed by atoms with Crippen molar-refractivity contribution in [1.29, 1.82) is 0 Å². The van der Waals surface area contributed by atoms with Crippen LogP contribution in [-0.2, 0) is 6.54 Å². The molecule has 0 radical (unpaired) electrons. The Bertz CT molecular complexity index is 893. The smallest absolute Gasteiger partial charge is 0.337 e. The van der Waals surface area contributed by atoms with E-state index in [1.165, 1.54) is 10.6 Å². The van der Waals surface area contributed by atoms with E-state index >= 15 is 0 Å². The molecule has 0 atom stereocenters. The number of aromatic amines is 1. The van der Waals surface area contributed by atoms with Gasteiger partial charge in [-0.05, 0) is 36.2 Å². The molecule has 0 aliphatic rings. The van der Waals surface area contributed by atoms with Gasteiger partial charge in [0, 0.05) is 12.4 Å². The molecule has 106 valence electrons. The molecule has 0 fully saturated rings. The minimum absolute atomic E-state index is 0.109. The summed E-state index contributed by atoms with van der Waals surface area (Å²) in [7, 11) is 0. The molecule has 6 heteroatoms. The van der Waals surface area contributed by atoms with Gasteiger partial charge in [-0.1, -0.05) is 6.07 Å². The lowest BCUT2D eigenvalue weighted by molar-refractivity contribution is 0.0698. The van der Waals surface area contributed by atoms with E-state index in [9.17, 15) is 14.7 Å². The average Bonchev–Trinajstić information content (AvgIpc) is 2.77. The highest BCUT2D eigenvalue weighted by atomic mass is 16.4. The first-order chi connectivity index (χ1) is 10.1. The molecule has 2 aromatic heterocycles. The van der Waals surface area contributed by atoms with Crippen LogP contribution in [0.2, 0.25) is 0 Å². The maximum Gasteiger partial charge on any atom is 0.337 e. The number of aromatic carboxylic acids is 1. The van der Waals surface area contributed by atoms with E-state index in [0.717, 1.165) is 11.1 Å². The Labute approximate surface area is 119 Å². The van der Waals surface area contributed by atoms with Crippen molar-refractivity contribution < 1.29 is 9.90 Å². The second-order valence-corrected chi connectivity index (χ2v) is 4.83. The second-order valence-electron chi connectivity index (χ2n) is 4.83. The molecule has 0 bridgehead atoms. The molecule has 3 rings (SSSR count). The molecular formula is C15H13N3O3. The van der Waals surface area contributed by atoms with Crippen LogP contribution in [0.3, 0.4) is 0 Å². The maximum atomic E-state index is 12.1. The highest BCUT2D eigenvalue weighted by Gasteiger charge is 2.16. The van der Waals surface area contributed by atoms with Gasteiger partial charge in [0.05, 0.1) is 23.1 Å². The molecule has 21 heavy (non-hydrogen) atoms. The van der Waals surface area contributed by atoms with Crippen LogP contribution in [0.5, 0.6) is 0 Å². The number of pyridine rings is 1. The van der Waals surface area contributed by atoms with Crippen molar-refractivity contribution in [2.24, 2.45) is 0 Å². The van der Waals surface area contributed by atoms with Gasteiger partial charge in [-0.15, -0.1) is 0 Å². The summed E-state index contributed by atoms with van der Waals surface area (Å²) in [5.74, 6) is -1.06. The number of imidazole rings is 1. The molecule has 0 spiro atoms. The molecule has 0 saturated carbocycles. The lowest BCUT2D eigenvalue weighted by atomic mass is 10.1. The molecule has 0 aliphatic heterocycles. The number of carbonyl (C=O) groups is 1. The van der Waals surface area contributed by atoms with E-state index in [2.05, 4.69) is 9.97 Å². The van der Waals surface area contributed by atoms with Gasteiger partial charge in [-0.25, -0.2) is 9.59 Å². The molecule has 3 aromatic rings.